The molecule has 1 saturated heterocycles. The van der Waals surface area contributed by atoms with E-state index in [1.165, 1.54) is 18.6 Å². The lowest BCUT2D eigenvalue weighted by Crippen LogP contribution is -2.38. The lowest BCUT2D eigenvalue weighted by molar-refractivity contribution is 0.171. The highest BCUT2D eigenvalue weighted by Crippen LogP contribution is 2.34. The molecule has 0 radical (unpaired) electrons. The van der Waals surface area contributed by atoms with E-state index in [1.54, 1.807) is 12.1 Å². The number of nitrogens with one attached hydrogen (secondary N) is 1. The van der Waals surface area contributed by atoms with Crippen molar-refractivity contribution in [2.75, 3.05) is 18.4 Å². The number of piperidine rings is 1. The summed E-state index contributed by atoms with van der Waals surface area (Å²) in [5.41, 5.74) is 3.35. The van der Waals surface area contributed by atoms with E-state index >= 15 is 0 Å². The lowest BCUT2D eigenvalue weighted by Gasteiger charge is -2.35. The summed E-state index contributed by atoms with van der Waals surface area (Å²) in [5.74, 6) is 1.15. The molecule has 3 heterocycles. The molecule has 1 aliphatic rings. The maximum Gasteiger partial charge on any atom is 0.165 e. The van der Waals surface area contributed by atoms with Crippen LogP contribution in [0.2, 0.25) is 0 Å². The number of pyridine rings is 1. The van der Waals surface area contributed by atoms with Gasteiger partial charge in [0.2, 0.25) is 0 Å². The Morgan fingerprint density at radius 1 is 1.00 bits per heavy atom. The van der Waals surface area contributed by atoms with Gasteiger partial charge in [0.25, 0.3) is 0 Å². The minimum atomic E-state index is -1.37. The molecule has 4 rings (SSSR count). The van der Waals surface area contributed by atoms with Gasteiger partial charge in [0.1, 0.15) is 23.6 Å². The van der Waals surface area contributed by atoms with E-state index in [0.29, 0.717) is 34.8 Å². The average Bonchev–Trinajstić information content (AvgIpc) is 2.78. The zero-order chi connectivity index (χ0) is 24.6. The third kappa shape index (κ3) is 4.90. The number of fused-ring (bicyclic) bond motifs is 1. The molecule has 3 aromatic rings. The molecule has 1 N–H and O–H groups in total. The van der Waals surface area contributed by atoms with Gasteiger partial charge in [-0.25, -0.2) is 23.7 Å². The van der Waals surface area contributed by atoms with Crippen LogP contribution in [-0.4, -0.2) is 39.0 Å². The normalized spacial score (nSPS) is 17.3. The van der Waals surface area contributed by atoms with E-state index in [0.717, 1.165) is 37.0 Å². The van der Waals surface area contributed by atoms with Gasteiger partial charge in [-0.05, 0) is 85.0 Å². The van der Waals surface area contributed by atoms with Crippen LogP contribution in [0, 0.1) is 19.7 Å². The number of nitrogens with zero attached hydrogens (tertiary/aromatic N) is 4. The zero-order valence-electron chi connectivity index (χ0n) is 21.0. The first-order valence-electron chi connectivity index (χ1n) is 12.2. The molecule has 1 unspecified atom stereocenters. The number of halogens is 2. The van der Waals surface area contributed by atoms with Gasteiger partial charge in [-0.2, -0.15) is 0 Å². The van der Waals surface area contributed by atoms with Crippen LogP contribution >= 0.6 is 0 Å². The molecule has 0 aliphatic carbocycles. The molecule has 182 valence electrons. The number of hydrogen-bond acceptors (Lipinski definition) is 5. The summed E-state index contributed by atoms with van der Waals surface area (Å²) in [4.78, 5) is 16.5. The second-order valence-corrected chi connectivity index (χ2v) is 9.79. The molecule has 34 heavy (non-hydrogen) atoms. The van der Waals surface area contributed by atoms with Crippen molar-refractivity contribution in [2.45, 2.75) is 78.6 Å². The molecule has 7 heteroatoms. The molecule has 0 spiro atoms. The van der Waals surface area contributed by atoms with E-state index in [4.69, 9.17) is 4.98 Å². The lowest BCUT2D eigenvalue weighted by atomic mass is 9.87. The Bertz CT molecular complexity index is 1170. The first kappa shape index (κ1) is 24.5. The van der Waals surface area contributed by atoms with Crippen molar-refractivity contribution in [1.29, 1.82) is 0 Å². The second kappa shape index (κ2) is 9.90. The summed E-state index contributed by atoms with van der Waals surface area (Å²) in [6.45, 7) is 13.7. The van der Waals surface area contributed by atoms with Crippen molar-refractivity contribution >= 4 is 16.9 Å². The van der Waals surface area contributed by atoms with Crippen molar-refractivity contribution in [3.8, 4) is 0 Å². The van der Waals surface area contributed by atoms with Crippen LogP contribution in [0.5, 0.6) is 0 Å². The van der Waals surface area contributed by atoms with Crippen LogP contribution in [0.4, 0.5) is 14.6 Å². The van der Waals surface area contributed by atoms with Crippen LogP contribution in [0.15, 0.2) is 24.3 Å². The Balaban J connectivity index is 1.68. The summed E-state index contributed by atoms with van der Waals surface area (Å²) in [5, 5.41) is 4.19. The van der Waals surface area contributed by atoms with Gasteiger partial charge in [0, 0.05) is 22.9 Å². The number of rotatable bonds is 6. The predicted octanol–water partition coefficient (Wildman–Crippen LogP) is 6.57. The Morgan fingerprint density at radius 2 is 1.68 bits per heavy atom. The van der Waals surface area contributed by atoms with Gasteiger partial charge in [-0.1, -0.05) is 18.2 Å². The van der Waals surface area contributed by atoms with E-state index in [9.17, 15) is 8.78 Å². The Morgan fingerprint density at radius 3 is 2.32 bits per heavy atom. The van der Waals surface area contributed by atoms with Crippen molar-refractivity contribution in [3.05, 3.63) is 58.3 Å². The first-order chi connectivity index (χ1) is 16.2. The van der Waals surface area contributed by atoms with Crippen LogP contribution in [-0.2, 0) is 0 Å². The van der Waals surface area contributed by atoms with Crippen molar-refractivity contribution < 1.29 is 8.78 Å². The summed E-state index contributed by atoms with van der Waals surface area (Å²) in [6, 6.07) is 7.19. The van der Waals surface area contributed by atoms with Crippen molar-refractivity contribution in [1.82, 2.24) is 19.9 Å². The van der Waals surface area contributed by atoms with E-state index in [2.05, 4.69) is 47.0 Å². The van der Waals surface area contributed by atoms with Crippen LogP contribution < -0.4 is 5.32 Å². The topological polar surface area (TPSA) is 53.9 Å². The first-order valence-corrected chi connectivity index (χ1v) is 12.2. The number of alkyl halides is 1. The van der Waals surface area contributed by atoms with Crippen LogP contribution in [0.3, 0.4) is 0 Å². The van der Waals surface area contributed by atoms with Gasteiger partial charge >= 0.3 is 0 Å². The molecule has 1 aliphatic heterocycles. The fourth-order valence-corrected chi connectivity index (χ4v) is 5.01. The number of aromatic nitrogens is 3. The van der Waals surface area contributed by atoms with E-state index in [-0.39, 0.29) is 5.56 Å². The molecule has 2 atom stereocenters. The smallest absolute Gasteiger partial charge is 0.165 e. The number of anilines is 1. The van der Waals surface area contributed by atoms with Crippen LogP contribution in [0.1, 0.15) is 86.9 Å². The third-order valence-corrected chi connectivity index (χ3v) is 7.03. The minimum Gasteiger partial charge on any atom is -0.363 e. The van der Waals surface area contributed by atoms with E-state index < -0.39 is 18.0 Å². The molecule has 0 bridgehead atoms. The second-order valence-electron chi connectivity index (χ2n) is 9.79. The molecular formula is C27H35F2N5. The maximum absolute atomic E-state index is 15.0. The Kier molecular flexibility index (Phi) is 7.12. The standard InChI is InChI=1S/C27H35F2N5/c1-15(2)34-12-10-20(11-13-34)23-14-24-26(32-19(6)33-27(24)31-18(23)5)30-17(4)22-9-7-8-21(16(3)28)25(22)29/h7-9,14-17,20H,10-13H2,1-6H3,(H,30,31,32,33)/t16?,17-/m1/s1. The van der Waals surface area contributed by atoms with Gasteiger partial charge < -0.3 is 10.2 Å². The van der Waals surface area contributed by atoms with E-state index in [1.807, 2.05) is 13.8 Å². The summed E-state index contributed by atoms with van der Waals surface area (Å²) >= 11 is 0. The largest absolute Gasteiger partial charge is 0.363 e. The average molecular weight is 468 g/mol. The highest BCUT2D eigenvalue weighted by Gasteiger charge is 2.25. The quantitative estimate of drug-likeness (QED) is 0.444. The highest BCUT2D eigenvalue weighted by molar-refractivity contribution is 5.87. The zero-order valence-corrected chi connectivity index (χ0v) is 21.0. The summed E-state index contributed by atoms with van der Waals surface area (Å²) in [7, 11) is 0. The molecule has 0 saturated carbocycles. The molecular weight excluding hydrogens is 432 g/mol. The van der Waals surface area contributed by atoms with Gasteiger partial charge in [-0.3, -0.25) is 0 Å². The van der Waals surface area contributed by atoms with Crippen LogP contribution in [0.25, 0.3) is 11.0 Å². The summed E-state index contributed by atoms with van der Waals surface area (Å²) in [6.07, 6.45) is 0.820. The summed E-state index contributed by atoms with van der Waals surface area (Å²) < 4.78 is 28.8. The monoisotopic (exact) mass is 467 g/mol. The highest BCUT2D eigenvalue weighted by atomic mass is 19.1. The predicted molar refractivity (Wildman–Crippen MR) is 133 cm³/mol. The number of hydrogen-bond donors (Lipinski definition) is 1. The minimum absolute atomic E-state index is 0.0715. The SMILES string of the molecule is Cc1nc(N[C@H](C)c2cccc(C(C)F)c2F)c2cc(C3CCN(C(C)C)CC3)c(C)nc2n1. The molecule has 1 aromatic carbocycles. The number of aryl methyl sites for hydroxylation is 2. The molecule has 1 fully saturated rings. The fraction of sp³-hybridized carbons (Fsp3) is 0.519. The van der Waals surface area contributed by atoms with Crippen molar-refractivity contribution in [2.24, 2.45) is 0 Å². The Hall–Kier alpha value is -2.67. The number of benzene rings is 1. The third-order valence-electron chi connectivity index (χ3n) is 7.03. The molecule has 5 nitrogen and oxygen atoms in total. The molecule has 2 aromatic heterocycles. The maximum atomic E-state index is 15.0. The Labute approximate surface area is 201 Å². The van der Waals surface area contributed by atoms with Gasteiger partial charge in [0.15, 0.2) is 5.65 Å². The van der Waals surface area contributed by atoms with Gasteiger partial charge in [0.05, 0.1) is 11.4 Å². The fourth-order valence-electron chi connectivity index (χ4n) is 5.01. The van der Waals surface area contributed by atoms with Crippen molar-refractivity contribution in [3.63, 3.8) is 0 Å². The van der Waals surface area contributed by atoms with Gasteiger partial charge in [-0.15, -0.1) is 0 Å². The number of likely N-dealkylation sites (tertiary alicyclic amines) is 1. The molecule has 0 amide bonds.